The summed E-state index contributed by atoms with van der Waals surface area (Å²) in [5, 5.41) is 9.12. The lowest BCUT2D eigenvalue weighted by Gasteiger charge is -2.37. The quantitative estimate of drug-likeness (QED) is 0.858. The summed E-state index contributed by atoms with van der Waals surface area (Å²) in [6.45, 7) is 6.37. The molecule has 0 spiro atoms. The minimum Gasteiger partial charge on any atom is -0.456 e. The molecule has 1 aliphatic rings. The van der Waals surface area contributed by atoms with E-state index < -0.39 is 0 Å². The molecule has 1 amide bonds. The number of hydrogen-bond acceptors (Lipinski definition) is 4. The third-order valence-electron chi connectivity index (χ3n) is 3.21. The monoisotopic (exact) mass is 253 g/mol. The van der Waals surface area contributed by atoms with E-state index in [0.717, 1.165) is 11.3 Å². The molecule has 100 valence electrons. The Kier molecular flexibility index (Phi) is 3.73. The molecule has 0 aromatic carbocycles. The maximum atomic E-state index is 12.4. The fourth-order valence-electron chi connectivity index (χ4n) is 2.20. The van der Waals surface area contributed by atoms with Crippen LogP contribution >= 0.6 is 0 Å². The number of aliphatic hydroxyl groups excluding tert-OH is 1. The summed E-state index contributed by atoms with van der Waals surface area (Å²) in [7, 11) is 0. The fourth-order valence-corrected chi connectivity index (χ4v) is 2.20. The van der Waals surface area contributed by atoms with Gasteiger partial charge in [-0.25, -0.2) is 0 Å². The molecule has 5 heteroatoms. The van der Waals surface area contributed by atoms with Crippen LogP contribution in [0.3, 0.4) is 0 Å². The van der Waals surface area contributed by atoms with E-state index in [4.69, 9.17) is 14.3 Å². The zero-order valence-corrected chi connectivity index (χ0v) is 11.0. The lowest BCUT2D eigenvalue weighted by molar-refractivity contribution is -0.0674. The summed E-state index contributed by atoms with van der Waals surface area (Å²) in [5.74, 6) is 0.989. The van der Waals surface area contributed by atoms with Crippen LogP contribution in [-0.2, 0) is 4.74 Å². The van der Waals surface area contributed by atoms with E-state index in [-0.39, 0.29) is 24.7 Å². The first-order valence-corrected chi connectivity index (χ1v) is 6.13. The Labute approximate surface area is 106 Å². The van der Waals surface area contributed by atoms with Crippen molar-refractivity contribution in [3.05, 3.63) is 23.2 Å². The summed E-state index contributed by atoms with van der Waals surface area (Å²) in [5.41, 5.74) is 0.844. The standard InChI is InChI=1S/C13H19NO4/c1-8-4-10(3)18-12(8)13(16)14-5-11(6-15)17-7-9(14)2/h4,9,11,15H,5-7H2,1-3H3. The number of morpholine rings is 1. The minimum absolute atomic E-state index is 0.00916. The summed E-state index contributed by atoms with van der Waals surface area (Å²) in [6.07, 6.45) is -0.304. The Morgan fingerprint density at radius 2 is 2.28 bits per heavy atom. The van der Waals surface area contributed by atoms with Gasteiger partial charge in [0.05, 0.1) is 25.4 Å². The van der Waals surface area contributed by atoms with Crippen molar-refractivity contribution in [2.24, 2.45) is 0 Å². The van der Waals surface area contributed by atoms with Crippen LogP contribution in [0.5, 0.6) is 0 Å². The molecule has 0 aliphatic carbocycles. The van der Waals surface area contributed by atoms with Crippen molar-refractivity contribution in [2.45, 2.75) is 32.9 Å². The van der Waals surface area contributed by atoms with E-state index in [1.807, 2.05) is 26.8 Å². The molecule has 2 unspecified atom stereocenters. The predicted molar refractivity (Wildman–Crippen MR) is 65.5 cm³/mol. The van der Waals surface area contributed by atoms with Crippen LogP contribution in [-0.4, -0.2) is 47.8 Å². The van der Waals surface area contributed by atoms with Gasteiger partial charge < -0.3 is 19.2 Å². The highest BCUT2D eigenvalue weighted by Gasteiger charge is 2.32. The summed E-state index contributed by atoms with van der Waals surface area (Å²) < 4.78 is 10.9. The number of carbonyl (C=O) groups excluding carboxylic acids is 1. The normalized spacial score (nSPS) is 24.3. The minimum atomic E-state index is -0.304. The molecule has 5 nitrogen and oxygen atoms in total. The molecule has 2 rings (SSSR count). The zero-order chi connectivity index (χ0) is 13.3. The Morgan fingerprint density at radius 3 is 2.83 bits per heavy atom. The molecule has 0 radical (unpaired) electrons. The molecule has 18 heavy (non-hydrogen) atoms. The van der Waals surface area contributed by atoms with Crippen LogP contribution in [0.25, 0.3) is 0 Å². The smallest absolute Gasteiger partial charge is 0.290 e. The molecule has 1 aromatic rings. The van der Waals surface area contributed by atoms with E-state index in [9.17, 15) is 4.79 Å². The van der Waals surface area contributed by atoms with Gasteiger partial charge in [-0.1, -0.05) is 0 Å². The van der Waals surface area contributed by atoms with Gasteiger partial charge in [-0.05, 0) is 26.8 Å². The van der Waals surface area contributed by atoms with Crippen LogP contribution in [0.1, 0.15) is 28.8 Å². The number of aryl methyl sites for hydroxylation is 2. The van der Waals surface area contributed by atoms with E-state index in [0.29, 0.717) is 18.9 Å². The van der Waals surface area contributed by atoms with Crippen LogP contribution in [0.15, 0.2) is 10.5 Å². The van der Waals surface area contributed by atoms with Crippen molar-refractivity contribution >= 4 is 5.91 Å². The molecule has 2 heterocycles. The van der Waals surface area contributed by atoms with Crippen molar-refractivity contribution in [3.8, 4) is 0 Å². The van der Waals surface area contributed by atoms with E-state index in [1.165, 1.54) is 0 Å². The molecule has 1 aromatic heterocycles. The summed E-state index contributed by atoms with van der Waals surface area (Å²) >= 11 is 0. The highest BCUT2D eigenvalue weighted by molar-refractivity contribution is 5.93. The van der Waals surface area contributed by atoms with E-state index in [2.05, 4.69) is 0 Å². The van der Waals surface area contributed by atoms with Gasteiger partial charge in [-0.15, -0.1) is 0 Å². The summed E-state index contributed by atoms with van der Waals surface area (Å²) in [4.78, 5) is 14.1. The van der Waals surface area contributed by atoms with Crippen LogP contribution < -0.4 is 0 Å². The average molecular weight is 253 g/mol. The number of ether oxygens (including phenoxy) is 1. The second-order valence-electron chi connectivity index (χ2n) is 4.81. The number of rotatable bonds is 2. The average Bonchev–Trinajstić information content (AvgIpc) is 2.68. The highest BCUT2D eigenvalue weighted by Crippen LogP contribution is 2.20. The van der Waals surface area contributed by atoms with Crippen molar-refractivity contribution in [3.63, 3.8) is 0 Å². The molecule has 0 bridgehead atoms. The first-order chi connectivity index (χ1) is 8.52. The van der Waals surface area contributed by atoms with Gasteiger partial charge in [-0.3, -0.25) is 4.79 Å². The number of hydrogen-bond donors (Lipinski definition) is 1. The zero-order valence-electron chi connectivity index (χ0n) is 11.0. The Bertz CT molecular complexity index is 440. The maximum absolute atomic E-state index is 12.4. The van der Waals surface area contributed by atoms with Crippen molar-refractivity contribution in [2.75, 3.05) is 19.8 Å². The number of aliphatic hydroxyl groups is 1. The van der Waals surface area contributed by atoms with Gasteiger partial charge in [0.15, 0.2) is 5.76 Å². The first-order valence-electron chi connectivity index (χ1n) is 6.13. The van der Waals surface area contributed by atoms with Gasteiger partial charge >= 0.3 is 0 Å². The van der Waals surface area contributed by atoms with Crippen molar-refractivity contribution in [1.82, 2.24) is 4.90 Å². The van der Waals surface area contributed by atoms with Gasteiger partial charge in [0, 0.05) is 12.1 Å². The lowest BCUT2D eigenvalue weighted by Crippen LogP contribution is -2.52. The molecule has 2 atom stereocenters. The van der Waals surface area contributed by atoms with Gasteiger partial charge in [-0.2, -0.15) is 0 Å². The third kappa shape index (κ3) is 2.42. The molecular weight excluding hydrogens is 234 g/mol. The fraction of sp³-hybridized carbons (Fsp3) is 0.615. The molecule has 1 saturated heterocycles. The Hall–Kier alpha value is -1.33. The molecule has 0 saturated carbocycles. The highest BCUT2D eigenvalue weighted by atomic mass is 16.5. The first kappa shape index (κ1) is 13.1. The molecule has 1 fully saturated rings. The van der Waals surface area contributed by atoms with Crippen LogP contribution in [0, 0.1) is 13.8 Å². The summed E-state index contributed by atoms with van der Waals surface area (Å²) in [6, 6.07) is 1.84. The number of nitrogens with zero attached hydrogens (tertiary/aromatic N) is 1. The maximum Gasteiger partial charge on any atom is 0.290 e. The van der Waals surface area contributed by atoms with Crippen molar-refractivity contribution in [1.29, 1.82) is 0 Å². The van der Waals surface area contributed by atoms with Gasteiger partial charge in [0.2, 0.25) is 0 Å². The van der Waals surface area contributed by atoms with Crippen molar-refractivity contribution < 1.29 is 19.1 Å². The van der Waals surface area contributed by atoms with Crippen LogP contribution in [0.4, 0.5) is 0 Å². The predicted octanol–water partition coefficient (Wildman–Crippen LogP) is 1.12. The molecular formula is C13H19NO4. The molecule has 1 aliphatic heterocycles. The van der Waals surface area contributed by atoms with E-state index in [1.54, 1.807) is 4.90 Å². The second-order valence-corrected chi connectivity index (χ2v) is 4.81. The van der Waals surface area contributed by atoms with Gasteiger partial charge in [0.1, 0.15) is 5.76 Å². The van der Waals surface area contributed by atoms with E-state index >= 15 is 0 Å². The third-order valence-corrected chi connectivity index (χ3v) is 3.21. The SMILES string of the molecule is Cc1cc(C)c(C(=O)N2CC(CO)OCC2C)o1. The molecule has 1 N–H and O–H groups in total. The number of carbonyl (C=O) groups is 1. The second kappa shape index (κ2) is 5.12. The number of amides is 1. The van der Waals surface area contributed by atoms with Crippen LogP contribution in [0.2, 0.25) is 0 Å². The largest absolute Gasteiger partial charge is 0.456 e. The Morgan fingerprint density at radius 1 is 1.56 bits per heavy atom. The van der Waals surface area contributed by atoms with Gasteiger partial charge in [0.25, 0.3) is 5.91 Å². The Balaban J connectivity index is 2.19. The topological polar surface area (TPSA) is 62.9 Å². The lowest BCUT2D eigenvalue weighted by atomic mass is 10.1. The number of furan rings is 1.